The number of aryl methyl sites for hydroxylation is 1. The summed E-state index contributed by atoms with van der Waals surface area (Å²) in [4.78, 5) is 43.6. The molecule has 3 heterocycles. The van der Waals surface area contributed by atoms with E-state index in [9.17, 15) is 19.5 Å². The van der Waals surface area contributed by atoms with Crippen LogP contribution in [-0.4, -0.2) is 67.8 Å². The van der Waals surface area contributed by atoms with Crippen molar-refractivity contribution in [2.24, 2.45) is 11.8 Å². The zero-order chi connectivity index (χ0) is 27.9. The molecule has 1 spiro atoms. The molecule has 208 valence electrons. The fraction of sp³-hybridized carbons (Fsp3) is 0.483. The number of thioether (sulfide) groups is 1. The summed E-state index contributed by atoms with van der Waals surface area (Å²) in [5, 5.41) is 16.9. The molecule has 2 aromatic carbocycles. The van der Waals surface area contributed by atoms with Crippen LogP contribution in [-0.2, 0) is 20.8 Å². The number of nitrogens with one attached hydrogen (secondary N) is 2. The normalized spacial score (nSPS) is 29.8. The van der Waals surface area contributed by atoms with E-state index >= 15 is 0 Å². The quantitative estimate of drug-likeness (QED) is 0.360. The maximum Gasteiger partial charge on any atom is 0.248 e. The van der Waals surface area contributed by atoms with Crippen LogP contribution in [0.25, 0.3) is 0 Å². The average Bonchev–Trinajstić information content (AvgIpc) is 3.52. The third kappa shape index (κ3) is 4.89. The van der Waals surface area contributed by atoms with Crippen LogP contribution in [0.1, 0.15) is 30.9 Å². The van der Waals surface area contributed by atoms with Gasteiger partial charge in [0.05, 0.1) is 39.9 Å². The number of hydrogen-bond acceptors (Lipinski definition) is 5. The van der Waals surface area contributed by atoms with Crippen LogP contribution < -0.4 is 10.6 Å². The first-order chi connectivity index (χ1) is 18.7. The Hall–Kier alpha value is -2.07. The first-order valence-electron chi connectivity index (χ1n) is 13.4. The SMILES string of the molecule is CCCNC(=O)[C@H]1[C@@H]2SC3(CC2Br)C(C(=O)Nc2c(C)cccc2Cl)N([C@@H](CO)Cc2ccccc2)C(=O)[C@H]13. The third-order valence-electron chi connectivity index (χ3n) is 8.22. The molecule has 39 heavy (non-hydrogen) atoms. The number of aliphatic hydroxyl groups excluding tert-OH is 1. The van der Waals surface area contributed by atoms with E-state index in [-0.39, 0.29) is 34.4 Å². The van der Waals surface area contributed by atoms with Crippen molar-refractivity contribution >= 4 is 62.7 Å². The van der Waals surface area contributed by atoms with E-state index in [4.69, 9.17) is 11.6 Å². The van der Waals surface area contributed by atoms with E-state index in [2.05, 4.69) is 26.6 Å². The topological polar surface area (TPSA) is 98.7 Å². The number of carbonyl (C=O) groups is 3. The highest BCUT2D eigenvalue weighted by molar-refractivity contribution is 9.09. The van der Waals surface area contributed by atoms with Crippen LogP contribution in [0, 0.1) is 18.8 Å². The molecular formula is C29H33BrClN3O4S. The molecule has 3 N–H and O–H groups in total. The molecule has 7 atom stereocenters. The molecule has 2 bridgehead atoms. The van der Waals surface area contributed by atoms with E-state index in [0.29, 0.717) is 30.1 Å². The summed E-state index contributed by atoms with van der Waals surface area (Å²) in [6.07, 6.45) is 1.74. The number of anilines is 1. The second kappa shape index (κ2) is 11.4. The Morgan fingerprint density at radius 1 is 1.21 bits per heavy atom. The lowest BCUT2D eigenvalue weighted by molar-refractivity contribution is -0.142. The van der Waals surface area contributed by atoms with Crippen molar-refractivity contribution in [3.8, 4) is 0 Å². The molecule has 0 saturated carbocycles. The number of alkyl halides is 1. The van der Waals surface area contributed by atoms with Gasteiger partial charge >= 0.3 is 0 Å². The molecule has 7 nitrogen and oxygen atoms in total. The highest BCUT2D eigenvalue weighted by Gasteiger charge is 2.76. The molecule has 3 aliphatic heterocycles. The van der Waals surface area contributed by atoms with Gasteiger partial charge in [-0.05, 0) is 43.4 Å². The van der Waals surface area contributed by atoms with Gasteiger partial charge in [0.15, 0.2) is 0 Å². The molecule has 10 heteroatoms. The van der Waals surface area contributed by atoms with Crippen LogP contribution in [0.5, 0.6) is 0 Å². The summed E-state index contributed by atoms with van der Waals surface area (Å²) in [6.45, 7) is 4.07. The van der Waals surface area contributed by atoms with Crippen molar-refractivity contribution in [2.75, 3.05) is 18.5 Å². The lowest BCUT2D eigenvalue weighted by atomic mass is 9.70. The highest BCUT2D eigenvalue weighted by atomic mass is 79.9. The second-order valence-electron chi connectivity index (χ2n) is 10.6. The number of amides is 3. The van der Waals surface area contributed by atoms with Gasteiger partial charge in [-0.25, -0.2) is 0 Å². The van der Waals surface area contributed by atoms with Gasteiger partial charge in [-0.1, -0.05) is 76.9 Å². The van der Waals surface area contributed by atoms with Crippen LogP contribution in [0.2, 0.25) is 5.02 Å². The first kappa shape index (κ1) is 28.5. The molecule has 3 unspecified atom stereocenters. The number of benzene rings is 2. The van der Waals surface area contributed by atoms with E-state index in [0.717, 1.165) is 17.5 Å². The molecule has 0 aliphatic carbocycles. The van der Waals surface area contributed by atoms with Gasteiger partial charge in [0.25, 0.3) is 0 Å². The number of fused-ring (bicyclic) bond motifs is 1. The van der Waals surface area contributed by atoms with Crippen molar-refractivity contribution in [2.45, 2.75) is 60.0 Å². The predicted octanol–water partition coefficient (Wildman–Crippen LogP) is 4.18. The summed E-state index contributed by atoms with van der Waals surface area (Å²) >= 11 is 11.8. The largest absolute Gasteiger partial charge is 0.394 e. The number of para-hydroxylation sites is 1. The molecule has 3 saturated heterocycles. The smallest absolute Gasteiger partial charge is 0.248 e. The van der Waals surface area contributed by atoms with Crippen LogP contribution >= 0.6 is 39.3 Å². The number of halogens is 2. The maximum absolute atomic E-state index is 14.4. The highest BCUT2D eigenvalue weighted by Crippen LogP contribution is 2.68. The van der Waals surface area contributed by atoms with E-state index in [1.165, 1.54) is 0 Å². The van der Waals surface area contributed by atoms with E-state index < -0.39 is 28.7 Å². The zero-order valence-electron chi connectivity index (χ0n) is 21.9. The minimum absolute atomic E-state index is 0.0251. The minimum atomic E-state index is -0.884. The number of rotatable bonds is 9. The van der Waals surface area contributed by atoms with Crippen molar-refractivity contribution in [1.82, 2.24) is 10.2 Å². The van der Waals surface area contributed by atoms with Gasteiger partial charge in [-0.2, -0.15) is 0 Å². The summed E-state index contributed by atoms with van der Waals surface area (Å²) < 4.78 is -0.812. The Kier molecular flexibility index (Phi) is 8.34. The lowest BCUT2D eigenvalue weighted by Crippen LogP contribution is -2.56. The molecule has 3 aliphatic rings. The van der Waals surface area contributed by atoms with Crippen molar-refractivity contribution in [3.05, 3.63) is 64.7 Å². The fourth-order valence-corrected chi connectivity index (χ4v) is 10.4. The van der Waals surface area contributed by atoms with Gasteiger partial charge in [0.2, 0.25) is 17.7 Å². The molecule has 3 fully saturated rings. The number of nitrogens with zero attached hydrogens (tertiary/aromatic N) is 1. The monoisotopic (exact) mass is 633 g/mol. The summed E-state index contributed by atoms with van der Waals surface area (Å²) in [7, 11) is 0. The minimum Gasteiger partial charge on any atom is -0.394 e. The number of hydrogen-bond donors (Lipinski definition) is 3. The number of carbonyl (C=O) groups excluding carboxylic acids is 3. The van der Waals surface area contributed by atoms with Gasteiger partial charge in [0.1, 0.15) is 6.04 Å². The Balaban J connectivity index is 1.57. The number of aliphatic hydroxyl groups is 1. The van der Waals surface area contributed by atoms with Crippen molar-refractivity contribution < 1.29 is 19.5 Å². The van der Waals surface area contributed by atoms with Gasteiger partial charge in [-0.15, -0.1) is 11.8 Å². The Bertz CT molecular complexity index is 1250. The molecule has 2 aromatic rings. The summed E-state index contributed by atoms with van der Waals surface area (Å²) in [5.74, 6) is -1.97. The zero-order valence-corrected chi connectivity index (χ0v) is 25.1. The van der Waals surface area contributed by atoms with E-state index in [1.54, 1.807) is 22.7 Å². The summed E-state index contributed by atoms with van der Waals surface area (Å²) in [5.41, 5.74) is 2.26. The van der Waals surface area contributed by atoms with E-state index in [1.807, 2.05) is 56.3 Å². The standard InChI is InChI=1S/C29H33BrClN3O4S/c1-3-12-32-26(36)21-22-28(38)34(18(15-35)13-17-9-5-4-6-10-17)25(29(22)14-19(30)24(21)39-29)27(37)33-23-16(2)8-7-11-20(23)31/h4-11,18-19,21-22,24-25,35H,3,12-15H2,1-2H3,(H,32,36)(H,33,37)/t18-,19?,21-,22+,24-,25?,29?/m1/s1. The van der Waals surface area contributed by atoms with Crippen molar-refractivity contribution in [3.63, 3.8) is 0 Å². The molecule has 0 radical (unpaired) electrons. The van der Waals surface area contributed by atoms with Gasteiger partial charge < -0.3 is 20.6 Å². The van der Waals surface area contributed by atoms with Gasteiger partial charge in [0, 0.05) is 16.6 Å². The molecule has 0 aromatic heterocycles. The van der Waals surface area contributed by atoms with Crippen LogP contribution in [0.3, 0.4) is 0 Å². The lowest BCUT2D eigenvalue weighted by Gasteiger charge is -2.37. The fourth-order valence-electron chi connectivity index (χ4n) is 6.54. The van der Waals surface area contributed by atoms with Crippen molar-refractivity contribution in [1.29, 1.82) is 0 Å². The third-order valence-corrected chi connectivity index (χ3v) is 11.8. The maximum atomic E-state index is 14.4. The molecule has 3 amide bonds. The van der Waals surface area contributed by atoms with Gasteiger partial charge in [-0.3, -0.25) is 14.4 Å². The molecular weight excluding hydrogens is 602 g/mol. The Labute approximate surface area is 246 Å². The Morgan fingerprint density at radius 3 is 2.62 bits per heavy atom. The second-order valence-corrected chi connectivity index (χ2v) is 13.8. The van der Waals surface area contributed by atoms with Crippen LogP contribution in [0.4, 0.5) is 5.69 Å². The number of likely N-dealkylation sites (tertiary alicyclic amines) is 1. The first-order valence-corrected chi connectivity index (χ1v) is 15.5. The van der Waals surface area contributed by atoms with Crippen LogP contribution in [0.15, 0.2) is 48.5 Å². The Morgan fingerprint density at radius 2 is 1.95 bits per heavy atom. The molecule has 5 rings (SSSR count). The average molecular weight is 635 g/mol. The summed E-state index contributed by atoms with van der Waals surface area (Å²) in [6, 6.07) is 13.5. The predicted molar refractivity (Wildman–Crippen MR) is 158 cm³/mol.